The highest BCUT2D eigenvalue weighted by atomic mass is 127. The Bertz CT molecular complexity index is 454. The minimum Gasteiger partial charge on any atom is -0.494 e. The number of Topliss-reactive ketones (excluding diaryl/α,β-unsaturated/α-hetero) is 1. The summed E-state index contributed by atoms with van der Waals surface area (Å²) >= 11 is 2.17. The normalized spacial score (nSPS) is 18.9. The van der Waals surface area contributed by atoms with Gasteiger partial charge >= 0.3 is 0 Å². The Kier molecular flexibility index (Phi) is 2.77. The van der Waals surface area contributed by atoms with Crippen molar-refractivity contribution < 1.29 is 9.53 Å². The van der Waals surface area contributed by atoms with E-state index in [1.54, 1.807) is 13.3 Å². The summed E-state index contributed by atoms with van der Waals surface area (Å²) in [5.74, 6) is 0.630. The van der Waals surface area contributed by atoms with Crippen LogP contribution in [0.3, 0.4) is 0 Å². The van der Waals surface area contributed by atoms with Gasteiger partial charge in [-0.05, 0) is 34.7 Å². The molecule has 0 aliphatic carbocycles. The third-order valence-electron chi connectivity index (χ3n) is 2.37. The second-order valence-corrected chi connectivity index (χ2v) is 4.68. The maximum atomic E-state index is 11.9. The molecule has 15 heavy (non-hydrogen) atoms. The molecule has 1 atom stereocenters. The molecule has 78 valence electrons. The molecule has 0 N–H and O–H groups in total. The van der Waals surface area contributed by atoms with Crippen LogP contribution in [0.1, 0.15) is 17.3 Å². The predicted molar refractivity (Wildman–Crippen MR) is 67.4 cm³/mol. The van der Waals surface area contributed by atoms with E-state index in [0.717, 1.165) is 3.57 Å². The van der Waals surface area contributed by atoms with E-state index in [0.29, 0.717) is 17.0 Å². The lowest BCUT2D eigenvalue weighted by atomic mass is 9.96. The molecule has 1 aliphatic rings. The number of nitrogens with zero attached hydrogens (tertiary/aromatic N) is 1. The Balaban J connectivity index is 2.66. The van der Waals surface area contributed by atoms with Gasteiger partial charge in [-0.3, -0.25) is 9.79 Å². The fraction of sp³-hybridized carbons (Fsp3) is 0.273. The second-order valence-electron chi connectivity index (χ2n) is 3.44. The van der Waals surface area contributed by atoms with Crippen LogP contribution < -0.4 is 4.74 Å². The number of benzene rings is 1. The van der Waals surface area contributed by atoms with Crippen LogP contribution in [0.15, 0.2) is 17.1 Å². The van der Waals surface area contributed by atoms with E-state index in [-0.39, 0.29) is 11.7 Å². The van der Waals surface area contributed by atoms with Crippen LogP contribution in [-0.2, 0) is 0 Å². The van der Waals surface area contributed by atoms with Crippen LogP contribution in [0, 0.1) is 9.49 Å². The van der Waals surface area contributed by atoms with Crippen LogP contribution in [0.2, 0.25) is 0 Å². The van der Waals surface area contributed by atoms with Crippen molar-refractivity contribution in [3.05, 3.63) is 21.3 Å². The number of ketones is 1. The molecule has 4 heteroatoms. The molecule has 1 aliphatic heterocycles. The van der Waals surface area contributed by atoms with Crippen molar-refractivity contribution in [2.75, 3.05) is 7.11 Å². The van der Waals surface area contributed by atoms with Gasteiger partial charge in [0, 0.05) is 15.3 Å². The second kappa shape index (κ2) is 3.92. The Morgan fingerprint density at radius 2 is 2.20 bits per heavy atom. The summed E-state index contributed by atoms with van der Waals surface area (Å²) < 4.78 is 6.19. The number of ether oxygens (including phenoxy) is 1. The first-order valence-corrected chi connectivity index (χ1v) is 5.67. The lowest BCUT2D eigenvalue weighted by Crippen LogP contribution is -2.16. The molecule has 0 radical (unpaired) electrons. The van der Waals surface area contributed by atoms with E-state index in [1.165, 1.54) is 0 Å². The van der Waals surface area contributed by atoms with Crippen molar-refractivity contribution in [2.24, 2.45) is 10.9 Å². The summed E-state index contributed by atoms with van der Waals surface area (Å²) in [6.45, 7) is 1.85. The van der Waals surface area contributed by atoms with Gasteiger partial charge in [-0.15, -0.1) is 0 Å². The number of halogens is 1. The molecule has 0 amide bonds. The summed E-state index contributed by atoms with van der Waals surface area (Å²) in [6, 6.07) is 3.73. The van der Waals surface area contributed by atoms with Gasteiger partial charge in [0.1, 0.15) is 11.4 Å². The molecule has 1 aromatic rings. The van der Waals surface area contributed by atoms with E-state index in [1.807, 2.05) is 19.1 Å². The van der Waals surface area contributed by atoms with Gasteiger partial charge in [0.15, 0.2) is 5.78 Å². The highest BCUT2D eigenvalue weighted by Gasteiger charge is 2.24. The minimum absolute atomic E-state index is 0.108. The van der Waals surface area contributed by atoms with E-state index in [4.69, 9.17) is 4.74 Å². The maximum absolute atomic E-state index is 11.9. The first-order chi connectivity index (χ1) is 7.13. The molecule has 3 nitrogen and oxygen atoms in total. The number of hydrogen-bond acceptors (Lipinski definition) is 3. The van der Waals surface area contributed by atoms with Gasteiger partial charge in [0.25, 0.3) is 0 Å². The summed E-state index contributed by atoms with van der Waals surface area (Å²) in [5.41, 5.74) is 1.31. The number of fused-ring (bicyclic) bond motifs is 1. The quantitative estimate of drug-likeness (QED) is 0.748. The van der Waals surface area contributed by atoms with Crippen LogP contribution in [0.4, 0.5) is 5.69 Å². The van der Waals surface area contributed by atoms with Gasteiger partial charge in [-0.2, -0.15) is 0 Å². The van der Waals surface area contributed by atoms with Crippen molar-refractivity contribution >= 4 is 40.3 Å². The fourth-order valence-electron chi connectivity index (χ4n) is 1.55. The average molecular weight is 315 g/mol. The highest BCUT2D eigenvalue weighted by Crippen LogP contribution is 2.36. The van der Waals surface area contributed by atoms with Crippen molar-refractivity contribution in [3.8, 4) is 5.75 Å². The number of aliphatic imine (C=N–C) groups is 1. The Labute approximate surface area is 102 Å². The van der Waals surface area contributed by atoms with Crippen LogP contribution in [-0.4, -0.2) is 19.1 Å². The van der Waals surface area contributed by atoms with Gasteiger partial charge in [0.05, 0.1) is 13.0 Å². The molecule has 1 heterocycles. The van der Waals surface area contributed by atoms with Gasteiger partial charge in [-0.25, -0.2) is 0 Å². The standard InChI is InChI=1S/C11H10INO2/c1-6-5-13-10-8(11(6)14)3-7(12)4-9(10)15-2/h3-6H,1-2H3. The lowest BCUT2D eigenvalue weighted by Gasteiger charge is -2.16. The smallest absolute Gasteiger partial charge is 0.173 e. The zero-order valence-corrected chi connectivity index (χ0v) is 10.6. The molecule has 0 fully saturated rings. The topological polar surface area (TPSA) is 38.7 Å². The SMILES string of the molecule is COc1cc(I)cc2c1N=CC(C)C2=O. The van der Waals surface area contributed by atoms with E-state index >= 15 is 0 Å². The maximum Gasteiger partial charge on any atom is 0.173 e. The zero-order chi connectivity index (χ0) is 11.0. The molecule has 1 unspecified atom stereocenters. The van der Waals surface area contributed by atoms with E-state index in [2.05, 4.69) is 27.6 Å². The van der Waals surface area contributed by atoms with Crippen molar-refractivity contribution in [1.82, 2.24) is 0 Å². The molecule has 0 spiro atoms. The Hall–Kier alpha value is -0.910. The summed E-state index contributed by atoms with van der Waals surface area (Å²) in [7, 11) is 1.59. The van der Waals surface area contributed by atoms with Crippen molar-refractivity contribution in [1.29, 1.82) is 0 Å². The van der Waals surface area contributed by atoms with Crippen LogP contribution in [0.25, 0.3) is 0 Å². The fourth-order valence-corrected chi connectivity index (χ4v) is 2.14. The third kappa shape index (κ3) is 1.78. The first kappa shape index (κ1) is 10.6. The van der Waals surface area contributed by atoms with Gasteiger partial charge in [0.2, 0.25) is 0 Å². The molecule has 0 aromatic heterocycles. The molecule has 2 rings (SSSR count). The van der Waals surface area contributed by atoms with E-state index in [9.17, 15) is 4.79 Å². The number of hydrogen-bond donors (Lipinski definition) is 0. The molecular weight excluding hydrogens is 305 g/mol. The summed E-state index contributed by atoms with van der Waals surface area (Å²) in [4.78, 5) is 16.1. The average Bonchev–Trinajstić information content (AvgIpc) is 2.23. The van der Waals surface area contributed by atoms with Gasteiger partial charge < -0.3 is 4.74 Å². The minimum atomic E-state index is -0.139. The zero-order valence-electron chi connectivity index (χ0n) is 8.45. The lowest BCUT2D eigenvalue weighted by molar-refractivity contribution is 0.0962. The van der Waals surface area contributed by atoms with E-state index < -0.39 is 0 Å². The molecular formula is C11H10INO2. The Morgan fingerprint density at radius 3 is 2.87 bits per heavy atom. The largest absolute Gasteiger partial charge is 0.494 e. The predicted octanol–water partition coefficient (Wildman–Crippen LogP) is 2.83. The van der Waals surface area contributed by atoms with Gasteiger partial charge in [-0.1, -0.05) is 6.92 Å². The van der Waals surface area contributed by atoms with Crippen LogP contribution >= 0.6 is 22.6 Å². The summed E-state index contributed by atoms with van der Waals surface area (Å²) in [5, 5.41) is 0. The Morgan fingerprint density at radius 1 is 1.47 bits per heavy atom. The number of methoxy groups -OCH3 is 1. The number of carbonyl (C=O) groups is 1. The number of carbonyl (C=O) groups excluding carboxylic acids is 1. The molecule has 0 saturated carbocycles. The molecule has 0 bridgehead atoms. The first-order valence-electron chi connectivity index (χ1n) is 4.59. The van der Waals surface area contributed by atoms with Crippen molar-refractivity contribution in [3.63, 3.8) is 0 Å². The monoisotopic (exact) mass is 315 g/mol. The highest BCUT2D eigenvalue weighted by molar-refractivity contribution is 14.1. The third-order valence-corrected chi connectivity index (χ3v) is 2.99. The van der Waals surface area contributed by atoms with Crippen LogP contribution in [0.5, 0.6) is 5.75 Å². The summed E-state index contributed by atoms with van der Waals surface area (Å²) in [6.07, 6.45) is 1.67. The van der Waals surface area contributed by atoms with Crippen molar-refractivity contribution in [2.45, 2.75) is 6.92 Å². The number of rotatable bonds is 1. The molecule has 0 saturated heterocycles. The molecule has 1 aromatic carbocycles.